The number of ether oxygens (including phenoxy) is 1. The van der Waals surface area contributed by atoms with Crippen LogP contribution in [0.4, 0.5) is 0 Å². The molecule has 3 fully saturated rings. The van der Waals surface area contributed by atoms with Gasteiger partial charge in [0.15, 0.2) is 0 Å². The minimum Gasteiger partial charge on any atom is -0.377 e. The van der Waals surface area contributed by atoms with Crippen molar-refractivity contribution in [2.45, 2.75) is 69.9 Å². The molecule has 0 aliphatic heterocycles. The minimum atomic E-state index is 0.575. The van der Waals surface area contributed by atoms with Gasteiger partial charge in [0.2, 0.25) is 0 Å². The van der Waals surface area contributed by atoms with Gasteiger partial charge in [0.05, 0.1) is 12.7 Å². The van der Waals surface area contributed by atoms with Gasteiger partial charge < -0.3 is 10.1 Å². The first-order valence-corrected chi connectivity index (χ1v) is 7.78. The van der Waals surface area contributed by atoms with Crippen molar-refractivity contribution in [2.24, 2.45) is 11.8 Å². The molecule has 0 unspecified atom stereocenters. The molecule has 2 nitrogen and oxygen atoms in total. The van der Waals surface area contributed by atoms with Gasteiger partial charge in [-0.15, -0.1) is 0 Å². The van der Waals surface area contributed by atoms with E-state index in [1.165, 1.54) is 57.8 Å². The summed E-state index contributed by atoms with van der Waals surface area (Å²) >= 11 is 0. The maximum Gasteiger partial charge on any atom is 0.0594 e. The molecule has 3 saturated carbocycles. The van der Waals surface area contributed by atoms with Crippen LogP contribution < -0.4 is 5.32 Å². The molecular formula is C15H27NO. The van der Waals surface area contributed by atoms with Crippen molar-refractivity contribution in [2.75, 3.05) is 13.2 Å². The summed E-state index contributed by atoms with van der Waals surface area (Å²) < 4.78 is 5.97. The molecule has 0 aromatic rings. The zero-order valence-corrected chi connectivity index (χ0v) is 11.0. The predicted octanol–water partition coefficient (Wildman–Crippen LogP) is 3.11. The van der Waals surface area contributed by atoms with E-state index in [4.69, 9.17) is 4.74 Å². The second-order valence-electron chi connectivity index (χ2n) is 6.29. The second-order valence-corrected chi connectivity index (χ2v) is 6.29. The molecule has 2 heteroatoms. The molecule has 98 valence electrons. The maximum atomic E-state index is 5.97. The molecule has 0 aromatic carbocycles. The van der Waals surface area contributed by atoms with E-state index >= 15 is 0 Å². The van der Waals surface area contributed by atoms with Crippen LogP contribution in [-0.4, -0.2) is 25.3 Å². The van der Waals surface area contributed by atoms with Crippen LogP contribution in [0.15, 0.2) is 0 Å². The van der Waals surface area contributed by atoms with E-state index in [1.54, 1.807) is 0 Å². The summed E-state index contributed by atoms with van der Waals surface area (Å²) in [5, 5.41) is 3.76. The molecule has 0 amide bonds. The molecule has 0 aromatic heterocycles. The quantitative estimate of drug-likeness (QED) is 0.687. The van der Waals surface area contributed by atoms with E-state index in [0.717, 1.165) is 31.0 Å². The fourth-order valence-corrected chi connectivity index (χ4v) is 3.31. The van der Waals surface area contributed by atoms with Crippen LogP contribution in [0, 0.1) is 11.8 Å². The Labute approximate surface area is 105 Å². The predicted molar refractivity (Wildman–Crippen MR) is 70.1 cm³/mol. The molecule has 0 bridgehead atoms. The summed E-state index contributed by atoms with van der Waals surface area (Å²) in [5.41, 5.74) is 0. The molecular weight excluding hydrogens is 210 g/mol. The fraction of sp³-hybridized carbons (Fsp3) is 1.00. The standard InChI is InChI=1S/C15H27NO/c1-2-4-14(5-3-1)17-11-10-16-15(12-6-7-12)13-8-9-13/h12-16H,1-11H2. The molecule has 0 saturated heterocycles. The highest BCUT2D eigenvalue weighted by Crippen LogP contribution is 2.44. The first kappa shape index (κ1) is 12.0. The highest BCUT2D eigenvalue weighted by molar-refractivity contribution is 4.96. The Hall–Kier alpha value is -0.0800. The molecule has 17 heavy (non-hydrogen) atoms. The third kappa shape index (κ3) is 3.69. The van der Waals surface area contributed by atoms with Crippen LogP contribution in [0.5, 0.6) is 0 Å². The van der Waals surface area contributed by atoms with Crippen molar-refractivity contribution >= 4 is 0 Å². The average Bonchev–Trinajstić information content (AvgIpc) is 3.24. The highest BCUT2D eigenvalue weighted by Gasteiger charge is 2.40. The van der Waals surface area contributed by atoms with Crippen molar-refractivity contribution in [1.29, 1.82) is 0 Å². The number of rotatable bonds is 7. The molecule has 3 aliphatic carbocycles. The Morgan fingerprint density at radius 3 is 2.12 bits per heavy atom. The molecule has 0 heterocycles. The second kappa shape index (κ2) is 5.71. The van der Waals surface area contributed by atoms with E-state index in [-0.39, 0.29) is 0 Å². The van der Waals surface area contributed by atoms with Gasteiger partial charge in [-0.3, -0.25) is 0 Å². The average molecular weight is 237 g/mol. The first-order valence-electron chi connectivity index (χ1n) is 7.78. The molecule has 0 atom stereocenters. The van der Waals surface area contributed by atoms with Crippen molar-refractivity contribution in [3.8, 4) is 0 Å². The number of hydrogen-bond donors (Lipinski definition) is 1. The Morgan fingerprint density at radius 2 is 1.53 bits per heavy atom. The van der Waals surface area contributed by atoms with Gasteiger partial charge in [0, 0.05) is 12.6 Å². The molecule has 3 aliphatic rings. The van der Waals surface area contributed by atoms with E-state index in [0.29, 0.717) is 6.10 Å². The van der Waals surface area contributed by atoms with E-state index in [9.17, 15) is 0 Å². The summed E-state index contributed by atoms with van der Waals surface area (Å²) in [4.78, 5) is 0. The monoisotopic (exact) mass is 237 g/mol. The lowest BCUT2D eigenvalue weighted by Crippen LogP contribution is -2.36. The zero-order chi connectivity index (χ0) is 11.5. The topological polar surface area (TPSA) is 21.3 Å². The third-order valence-electron chi connectivity index (χ3n) is 4.65. The Morgan fingerprint density at radius 1 is 0.882 bits per heavy atom. The lowest BCUT2D eigenvalue weighted by atomic mass is 9.98. The summed E-state index contributed by atoms with van der Waals surface area (Å²) in [7, 11) is 0. The minimum absolute atomic E-state index is 0.575. The van der Waals surface area contributed by atoms with Gasteiger partial charge in [0.1, 0.15) is 0 Å². The van der Waals surface area contributed by atoms with Gasteiger partial charge in [0.25, 0.3) is 0 Å². The van der Waals surface area contributed by atoms with Crippen LogP contribution in [0.3, 0.4) is 0 Å². The summed E-state index contributed by atoms with van der Waals surface area (Å²) in [5.74, 6) is 2.02. The van der Waals surface area contributed by atoms with Gasteiger partial charge in [-0.25, -0.2) is 0 Å². The Kier molecular flexibility index (Phi) is 4.02. The maximum absolute atomic E-state index is 5.97. The first-order chi connectivity index (χ1) is 8.43. The Bertz CT molecular complexity index is 217. The SMILES string of the molecule is C1CCC(OCCNC(C2CC2)C2CC2)CC1. The van der Waals surface area contributed by atoms with Gasteiger partial charge >= 0.3 is 0 Å². The van der Waals surface area contributed by atoms with Crippen LogP contribution in [0.2, 0.25) is 0 Å². The molecule has 0 radical (unpaired) electrons. The number of hydrogen-bond acceptors (Lipinski definition) is 2. The van der Waals surface area contributed by atoms with Crippen LogP contribution in [0.1, 0.15) is 57.8 Å². The van der Waals surface area contributed by atoms with E-state index in [2.05, 4.69) is 5.32 Å². The number of nitrogens with one attached hydrogen (secondary N) is 1. The highest BCUT2D eigenvalue weighted by atomic mass is 16.5. The van der Waals surface area contributed by atoms with Gasteiger partial charge in [-0.1, -0.05) is 19.3 Å². The normalized spacial score (nSPS) is 26.6. The van der Waals surface area contributed by atoms with Crippen LogP contribution in [-0.2, 0) is 4.74 Å². The summed E-state index contributed by atoms with van der Waals surface area (Å²) in [6.07, 6.45) is 13.2. The van der Waals surface area contributed by atoms with E-state index < -0.39 is 0 Å². The third-order valence-corrected chi connectivity index (χ3v) is 4.65. The van der Waals surface area contributed by atoms with Crippen molar-refractivity contribution in [3.63, 3.8) is 0 Å². The summed E-state index contributed by atoms with van der Waals surface area (Å²) in [6.45, 7) is 2.01. The van der Waals surface area contributed by atoms with Crippen molar-refractivity contribution < 1.29 is 4.74 Å². The van der Waals surface area contributed by atoms with Gasteiger partial charge in [-0.05, 0) is 50.4 Å². The van der Waals surface area contributed by atoms with Crippen molar-refractivity contribution in [3.05, 3.63) is 0 Å². The molecule has 0 spiro atoms. The zero-order valence-electron chi connectivity index (χ0n) is 11.0. The Balaban J connectivity index is 1.28. The fourth-order valence-electron chi connectivity index (χ4n) is 3.31. The smallest absolute Gasteiger partial charge is 0.0594 e. The lowest BCUT2D eigenvalue weighted by Gasteiger charge is -2.23. The largest absolute Gasteiger partial charge is 0.377 e. The lowest BCUT2D eigenvalue weighted by molar-refractivity contribution is 0.0288. The van der Waals surface area contributed by atoms with Crippen LogP contribution >= 0.6 is 0 Å². The van der Waals surface area contributed by atoms with Crippen molar-refractivity contribution in [1.82, 2.24) is 5.32 Å². The van der Waals surface area contributed by atoms with Crippen LogP contribution in [0.25, 0.3) is 0 Å². The summed E-state index contributed by atoms with van der Waals surface area (Å²) in [6, 6.07) is 0.838. The van der Waals surface area contributed by atoms with E-state index in [1.807, 2.05) is 0 Å². The van der Waals surface area contributed by atoms with Gasteiger partial charge in [-0.2, -0.15) is 0 Å². The molecule has 3 rings (SSSR count). The molecule has 1 N–H and O–H groups in total.